The van der Waals surface area contributed by atoms with Gasteiger partial charge in [-0.2, -0.15) is 5.10 Å². The van der Waals surface area contributed by atoms with Crippen LogP contribution in [0, 0.1) is 0 Å². The molecular formula is C13H24ClN3. The van der Waals surface area contributed by atoms with Gasteiger partial charge in [0.05, 0.1) is 16.9 Å². The summed E-state index contributed by atoms with van der Waals surface area (Å²) in [7, 11) is 0. The van der Waals surface area contributed by atoms with Crippen molar-refractivity contribution in [3.63, 3.8) is 0 Å². The van der Waals surface area contributed by atoms with E-state index >= 15 is 0 Å². The lowest BCUT2D eigenvalue weighted by molar-refractivity contribution is 0.409. The van der Waals surface area contributed by atoms with E-state index in [1.807, 2.05) is 4.68 Å². The van der Waals surface area contributed by atoms with Crippen LogP contribution >= 0.6 is 11.6 Å². The predicted molar refractivity (Wildman–Crippen MR) is 73.7 cm³/mol. The van der Waals surface area contributed by atoms with E-state index in [0.717, 1.165) is 30.2 Å². The van der Waals surface area contributed by atoms with Gasteiger partial charge in [-0.05, 0) is 40.7 Å². The van der Waals surface area contributed by atoms with Gasteiger partial charge in [-0.15, -0.1) is 0 Å². The minimum Gasteiger partial charge on any atom is -0.312 e. The summed E-state index contributed by atoms with van der Waals surface area (Å²) in [5.41, 5.74) is 1.33. The number of rotatable bonds is 5. The van der Waals surface area contributed by atoms with Crippen LogP contribution in [0.1, 0.15) is 52.7 Å². The van der Waals surface area contributed by atoms with E-state index in [9.17, 15) is 0 Å². The van der Waals surface area contributed by atoms with Crippen LogP contribution in [0.3, 0.4) is 0 Å². The molecule has 0 aliphatic rings. The maximum atomic E-state index is 6.18. The second-order valence-electron chi connectivity index (χ2n) is 5.56. The molecule has 0 aromatic carbocycles. The van der Waals surface area contributed by atoms with Gasteiger partial charge in [0.1, 0.15) is 0 Å². The summed E-state index contributed by atoms with van der Waals surface area (Å²) in [5, 5.41) is 8.56. The number of aromatic nitrogens is 2. The molecular weight excluding hydrogens is 234 g/mol. The van der Waals surface area contributed by atoms with Gasteiger partial charge in [0, 0.05) is 18.0 Å². The standard InChI is InChI=1S/C13H24ClN3/c1-6-17-12(11(14)9-16-17)10(2)7-8-15-13(3,4)5/h9-10,15H,6-8H2,1-5H3. The van der Waals surface area contributed by atoms with Crippen molar-refractivity contribution in [2.45, 2.75) is 59.0 Å². The third-order valence-electron chi connectivity index (χ3n) is 2.83. The van der Waals surface area contributed by atoms with Crippen molar-refractivity contribution in [2.24, 2.45) is 0 Å². The first-order valence-corrected chi connectivity index (χ1v) is 6.69. The molecule has 1 N–H and O–H groups in total. The lowest BCUT2D eigenvalue weighted by atomic mass is 10.0. The highest BCUT2D eigenvalue weighted by molar-refractivity contribution is 6.31. The minimum atomic E-state index is 0.175. The molecule has 98 valence electrons. The van der Waals surface area contributed by atoms with Crippen LogP contribution in [-0.2, 0) is 6.54 Å². The molecule has 0 aliphatic carbocycles. The third-order valence-corrected chi connectivity index (χ3v) is 3.12. The second kappa shape index (κ2) is 5.87. The van der Waals surface area contributed by atoms with Gasteiger partial charge in [-0.3, -0.25) is 4.68 Å². The van der Waals surface area contributed by atoms with Gasteiger partial charge in [0.25, 0.3) is 0 Å². The van der Waals surface area contributed by atoms with Gasteiger partial charge in [0.15, 0.2) is 0 Å². The molecule has 1 aromatic rings. The van der Waals surface area contributed by atoms with Crippen molar-refractivity contribution in [2.75, 3.05) is 6.54 Å². The van der Waals surface area contributed by atoms with Crippen LogP contribution < -0.4 is 5.32 Å². The molecule has 0 amide bonds. The first kappa shape index (κ1) is 14.5. The smallest absolute Gasteiger partial charge is 0.0820 e. The Morgan fingerprint density at radius 2 is 2.12 bits per heavy atom. The molecule has 0 fully saturated rings. The van der Waals surface area contributed by atoms with Gasteiger partial charge in [0.2, 0.25) is 0 Å². The first-order valence-electron chi connectivity index (χ1n) is 6.31. The number of nitrogens with zero attached hydrogens (tertiary/aromatic N) is 2. The van der Waals surface area contributed by atoms with Crippen molar-refractivity contribution in [3.05, 3.63) is 16.9 Å². The Hall–Kier alpha value is -0.540. The van der Waals surface area contributed by atoms with Gasteiger partial charge < -0.3 is 5.32 Å². The van der Waals surface area contributed by atoms with Crippen LogP contribution in [0.2, 0.25) is 5.02 Å². The number of hydrogen-bond donors (Lipinski definition) is 1. The minimum absolute atomic E-state index is 0.175. The van der Waals surface area contributed by atoms with Gasteiger partial charge >= 0.3 is 0 Å². The molecule has 0 spiro atoms. The predicted octanol–water partition coefficient (Wildman–Crippen LogP) is 3.44. The average Bonchev–Trinajstić information content (AvgIpc) is 2.57. The molecule has 0 aliphatic heterocycles. The zero-order valence-corrected chi connectivity index (χ0v) is 12.3. The fourth-order valence-corrected chi connectivity index (χ4v) is 2.24. The molecule has 4 heteroatoms. The Balaban J connectivity index is 2.57. The van der Waals surface area contributed by atoms with Crippen LogP contribution in [-0.4, -0.2) is 21.9 Å². The van der Waals surface area contributed by atoms with E-state index in [2.05, 4.69) is 45.0 Å². The molecule has 1 aromatic heterocycles. The molecule has 0 bridgehead atoms. The number of aryl methyl sites for hydroxylation is 1. The number of hydrogen-bond acceptors (Lipinski definition) is 2. The Morgan fingerprint density at radius 3 is 2.65 bits per heavy atom. The van der Waals surface area contributed by atoms with E-state index < -0.39 is 0 Å². The van der Waals surface area contributed by atoms with Crippen molar-refractivity contribution < 1.29 is 0 Å². The molecule has 0 saturated carbocycles. The number of halogens is 1. The van der Waals surface area contributed by atoms with Crippen LogP contribution in [0.15, 0.2) is 6.20 Å². The second-order valence-corrected chi connectivity index (χ2v) is 5.97. The molecule has 1 unspecified atom stereocenters. The molecule has 1 atom stereocenters. The summed E-state index contributed by atoms with van der Waals surface area (Å²) in [5.74, 6) is 0.430. The fraction of sp³-hybridized carbons (Fsp3) is 0.769. The largest absolute Gasteiger partial charge is 0.312 e. The zero-order valence-electron chi connectivity index (χ0n) is 11.5. The maximum Gasteiger partial charge on any atom is 0.0820 e. The van der Waals surface area contributed by atoms with E-state index in [0.29, 0.717) is 5.92 Å². The molecule has 17 heavy (non-hydrogen) atoms. The van der Waals surface area contributed by atoms with E-state index in [4.69, 9.17) is 11.6 Å². The fourth-order valence-electron chi connectivity index (χ4n) is 1.91. The summed E-state index contributed by atoms with van der Waals surface area (Å²) in [6.07, 6.45) is 2.82. The lowest BCUT2D eigenvalue weighted by Gasteiger charge is -2.22. The van der Waals surface area contributed by atoms with Crippen LogP contribution in [0.25, 0.3) is 0 Å². The zero-order chi connectivity index (χ0) is 13.1. The summed E-state index contributed by atoms with van der Waals surface area (Å²) < 4.78 is 1.99. The van der Waals surface area contributed by atoms with Gasteiger partial charge in [-0.25, -0.2) is 0 Å². The Kier molecular flexibility index (Phi) is 5.02. The monoisotopic (exact) mass is 257 g/mol. The summed E-state index contributed by atoms with van der Waals surface area (Å²) in [4.78, 5) is 0. The van der Waals surface area contributed by atoms with Crippen LogP contribution in [0.4, 0.5) is 0 Å². The SMILES string of the molecule is CCn1ncc(Cl)c1C(C)CCNC(C)(C)C. The normalized spacial score (nSPS) is 14.0. The highest BCUT2D eigenvalue weighted by Gasteiger charge is 2.16. The molecule has 1 rings (SSSR count). The van der Waals surface area contributed by atoms with Gasteiger partial charge in [-0.1, -0.05) is 18.5 Å². The highest BCUT2D eigenvalue weighted by atomic mass is 35.5. The Bertz CT molecular complexity index is 352. The van der Waals surface area contributed by atoms with E-state index in [1.165, 1.54) is 0 Å². The van der Waals surface area contributed by atoms with Crippen molar-refractivity contribution >= 4 is 11.6 Å². The molecule has 0 radical (unpaired) electrons. The van der Waals surface area contributed by atoms with Crippen LogP contribution in [0.5, 0.6) is 0 Å². The lowest BCUT2D eigenvalue weighted by Crippen LogP contribution is -2.36. The van der Waals surface area contributed by atoms with Crippen molar-refractivity contribution in [3.8, 4) is 0 Å². The first-order chi connectivity index (χ1) is 7.85. The number of nitrogens with one attached hydrogen (secondary N) is 1. The molecule has 3 nitrogen and oxygen atoms in total. The Morgan fingerprint density at radius 1 is 1.47 bits per heavy atom. The molecule has 0 saturated heterocycles. The highest BCUT2D eigenvalue weighted by Crippen LogP contribution is 2.26. The third kappa shape index (κ3) is 4.32. The quantitative estimate of drug-likeness (QED) is 0.876. The van der Waals surface area contributed by atoms with Crippen molar-refractivity contribution in [1.82, 2.24) is 15.1 Å². The van der Waals surface area contributed by atoms with Crippen molar-refractivity contribution in [1.29, 1.82) is 0 Å². The summed E-state index contributed by atoms with van der Waals surface area (Å²) in [6.45, 7) is 12.7. The summed E-state index contributed by atoms with van der Waals surface area (Å²) in [6, 6.07) is 0. The Labute approximate surface area is 110 Å². The topological polar surface area (TPSA) is 29.9 Å². The van der Waals surface area contributed by atoms with E-state index in [1.54, 1.807) is 6.20 Å². The summed E-state index contributed by atoms with van der Waals surface area (Å²) >= 11 is 6.18. The maximum absolute atomic E-state index is 6.18. The van der Waals surface area contributed by atoms with E-state index in [-0.39, 0.29) is 5.54 Å². The molecule has 1 heterocycles. The average molecular weight is 258 g/mol.